The molecule has 2 fully saturated rings. The van der Waals surface area contributed by atoms with E-state index in [2.05, 4.69) is 9.97 Å². The first-order chi connectivity index (χ1) is 11.1. The Morgan fingerprint density at radius 2 is 2.22 bits per heavy atom. The lowest BCUT2D eigenvalue weighted by atomic mass is 10.0. The van der Waals surface area contributed by atoms with E-state index < -0.39 is 11.6 Å². The molecule has 2 aromatic rings. The number of carbonyl (C=O) groups excluding carboxylic acids is 1. The smallest absolute Gasteiger partial charge is 0.256 e. The molecule has 0 saturated carbocycles. The van der Waals surface area contributed by atoms with Gasteiger partial charge in [-0.05, 0) is 19.1 Å². The normalized spacial score (nSPS) is 23.7. The van der Waals surface area contributed by atoms with Crippen LogP contribution < -0.4 is 0 Å². The topological polar surface area (TPSA) is 67.5 Å². The van der Waals surface area contributed by atoms with E-state index in [4.69, 9.17) is 9.47 Å². The molecular weight excluding hydrogens is 301 g/mol. The zero-order valence-electron chi connectivity index (χ0n) is 12.8. The average Bonchev–Trinajstić information content (AvgIpc) is 3.13. The fourth-order valence-electron chi connectivity index (χ4n) is 3.36. The number of aromatic amines is 1. The fourth-order valence-corrected chi connectivity index (χ4v) is 3.36. The van der Waals surface area contributed by atoms with Gasteiger partial charge in [0.15, 0.2) is 5.79 Å². The number of nitrogens with zero attached hydrogens (tertiary/aromatic N) is 2. The van der Waals surface area contributed by atoms with Gasteiger partial charge in [0, 0.05) is 25.9 Å². The highest BCUT2D eigenvalue weighted by atomic mass is 19.1. The van der Waals surface area contributed by atoms with E-state index >= 15 is 0 Å². The molecular formula is C16H18FN3O3. The number of halogens is 1. The summed E-state index contributed by atoms with van der Waals surface area (Å²) in [5, 5.41) is 0. The van der Waals surface area contributed by atoms with E-state index in [-0.39, 0.29) is 12.0 Å². The van der Waals surface area contributed by atoms with Gasteiger partial charge in [-0.15, -0.1) is 0 Å². The van der Waals surface area contributed by atoms with E-state index in [1.807, 2.05) is 6.92 Å². The molecule has 2 aliphatic heterocycles. The number of imidazole rings is 1. The first kappa shape index (κ1) is 14.6. The molecule has 23 heavy (non-hydrogen) atoms. The third-order valence-electron chi connectivity index (χ3n) is 4.53. The number of aromatic nitrogens is 2. The molecule has 122 valence electrons. The standard InChI is InChI=1S/C16H18FN3O3/c1-10-8-22-16(23-10)2-4-20(5-3-16)15(21)12-6-11(17)7-13-14(12)19-9-18-13/h6-7,9-10H,2-5,8H2,1H3,(H,18,19)/t10-/m1/s1. The number of nitrogens with one attached hydrogen (secondary N) is 1. The minimum absolute atomic E-state index is 0.0872. The molecule has 0 unspecified atom stereocenters. The molecule has 3 heterocycles. The Kier molecular flexibility index (Phi) is 3.35. The lowest BCUT2D eigenvalue weighted by Gasteiger charge is -2.37. The summed E-state index contributed by atoms with van der Waals surface area (Å²) in [6.07, 6.45) is 2.81. The summed E-state index contributed by atoms with van der Waals surface area (Å²) in [7, 11) is 0. The summed E-state index contributed by atoms with van der Waals surface area (Å²) in [5.74, 6) is -1.21. The number of carbonyl (C=O) groups is 1. The lowest BCUT2D eigenvalue weighted by molar-refractivity contribution is -0.189. The minimum atomic E-state index is -0.556. The fraction of sp³-hybridized carbons (Fsp3) is 0.500. The molecule has 2 aliphatic rings. The molecule has 0 aliphatic carbocycles. The van der Waals surface area contributed by atoms with Crippen molar-refractivity contribution in [2.24, 2.45) is 0 Å². The number of fused-ring (bicyclic) bond motifs is 1. The Labute approximate surface area is 132 Å². The van der Waals surface area contributed by atoms with Crippen LogP contribution in [0, 0.1) is 5.82 Å². The van der Waals surface area contributed by atoms with E-state index in [1.165, 1.54) is 18.5 Å². The number of amides is 1. The minimum Gasteiger partial charge on any atom is -0.347 e. The maximum absolute atomic E-state index is 13.7. The van der Waals surface area contributed by atoms with Gasteiger partial charge in [0.05, 0.1) is 30.1 Å². The summed E-state index contributed by atoms with van der Waals surface area (Å²) in [5.41, 5.74) is 1.32. The number of rotatable bonds is 1. The lowest BCUT2D eigenvalue weighted by Crippen LogP contribution is -2.47. The van der Waals surface area contributed by atoms with Crippen molar-refractivity contribution < 1.29 is 18.7 Å². The Bertz CT molecular complexity index is 752. The maximum atomic E-state index is 13.7. The van der Waals surface area contributed by atoms with Crippen LogP contribution in [0.25, 0.3) is 11.0 Å². The van der Waals surface area contributed by atoms with Crippen molar-refractivity contribution in [1.82, 2.24) is 14.9 Å². The van der Waals surface area contributed by atoms with Crippen LogP contribution in [0.3, 0.4) is 0 Å². The Morgan fingerprint density at radius 3 is 2.91 bits per heavy atom. The molecule has 1 N–H and O–H groups in total. The Balaban J connectivity index is 1.55. The van der Waals surface area contributed by atoms with Crippen LogP contribution in [0.1, 0.15) is 30.1 Å². The largest absolute Gasteiger partial charge is 0.347 e. The quantitative estimate of drug-likeness (QED) is 0.874. The first-order valence-electron chi connectivity index (χ1n) is 7.80. The summed E-state index contributed by atoms with van der Waals surface area (Å²) in [6.45, 7) is 3.61. The number of hydrogen-bond acceptors (Lipinski definition) is 4. The molecule has 2 saturated heterocycles. The second-order valence-corrected chi connectivity index (χ2v) is 6.19. The van der Waals surface area contributed by atoms with Crippen LogP contribution in [0.4, 0.5) is 4.39 Å². The van der Waals surface area contributed by atoms with Crippen molar-refractivity contribution in [3.8, 4) is 0 Å². The van der Waals surface area contributed by atoms with Gasteiger partial charge in [0.25, 0.3) is 5.91 Å². The van der Waals surface area contributed by atoms with Crippen molar-refractivity contribution in [1.29, 1.82) is 0 Å². The molecule has 0 radical (unpaired) electrons. The van der Waals surface area contributed by atoms with Gasteiger partial charge >= 0.3 is 0 Å². The first-order valence-corrected chi connectivity index (χ1v) is 7.80. The third kappa shape index (κ3) is 2.49. The van der Waals surface area contributed by atoms with Gasteiger partial charge in [-0.3, -0.25) is 4.79 Å². The van der Waals surface area contributed by atoms with Crippen LogP contribution in [0.5, 0.6) is 0 Å². The van der Waals surface area contributed by atoms with Gasteiger partial charge in [-0.1, -0.05) is 0 Å². The number of benzene rings is 1. The van der Waals surface area contributed by atoms with Crippen LogP contribution in [-0.4, -0.2) is 52.4 Å². The van der Waals surface area contributed by atoms with Gasteiger partial charge in [-0.2, -0.15) is 0 Å². The summed E-state index contributed by atoms with van der Waals surface area (Å²) < 4.78 is 25.4. The summed E-state index contributed by atoms with van der Waals surface area (Å²) >= 11 is 0. The molecule has 6 nitrogen and oxygen atoms in total. The van der Waals surface area contributed by atoms with Crippen molar-refractivity contribution in [2.75, 3.05) is 19.7 Å². The predicted molar refractivity (Wildman–Crippen MR) is 80.4 cm³/mol. The van der Waals surface area contributed by atoms with Crippen LogP contribution in [0.2, 0.25) is 0 Å². The second kappa shape index (κ2) is 5.28. The molecule has 1 aromatic carbocycles. The summed E-state index contributed by atoms with van der Waals surface area (Å²) in [6, 6.07) is 2.59. The number of hydrogen-bond donors (Lipinski definition) is 1. The van der Waals surface area contributed by atoms with Crippen LogP contribution >= 0.6 is 0 Å². The number of piperidine rings is 1. The SMILES string of the molecule is C[C@@H]1COC2(CCN(C(=O)c3cc(F)cc4[nH]cnc34)CC2)O1. The molecule has 0 bridgehead atoms. The van der Waals surface area contributed by atoms with E-state index in [1.54, 1.807) is 4.90 Å². The monoisotopic (exact) mass is 319 g/mol. The molecule has 4 rings (SSSR count). The number of likely N-dealkylation sites (tertiary alicyclic amines) is 1. The van der Waals surface area contributed by atoms with Crippen LogP contribution in [-0.2, 0) is 9.47 Å². The van der Waals surface area contributed by atoms with Crippen molar-refractivity contribution in [3.05, 3.63) is 29.8 Å². The van der Waals surface area contributed by atoms with Crippen LogP contribution in [0.15, 0.2) is 18.5 Å². The maximum Gasteiger partial charge on any atom is 0.256 e. The molecule has 1 aromatic heterocycles. The Hall–Kier alpha value is -1.99. The molecule has 7 heteroatoms. The highest BCUT2D eigenvalue weighted by molar-refractivity contribution is 6.04. The number of H-pyrrole nitrogens is 1. The zero-order valence-corrected chi connectivity index (χ0v) is 12.8. The Morgan fingerprint density at radius 1 is 1.43 bits per heavy atom. The number of ether oxygens (including phenoxy) is 2. The predicted octanol–water partition coefficient (Wildman–Crippen LogP) is 2.07. The molecule has 1 atom stereocenters. The van der Waals surface area contributed by atoms with Gasteiger partial charge in [-0.25, -0.2) is 9.37 Å². The third-order valence-corrected chi connectivity index (χ3v) is 4.53. The highest BCUT2D eigenvalue weighted by Gasteiger charge is 2.43. The molecule has 1 spiro atoms. The second-order valence-electron chi connectivity index (χ2n) is 6.19. The van der Waals surface area contributed by atoms with E-state index in [9.17, 15) is 9.18 Å². The van der Waals surface area contributed by atoms with Gasteiger partial charge in [0.1, 0.15) is 11.3 Å². The van der Waals surface area contributed by atoms with Crippen molar-refractivity contribution >= 4 is 16.9 Å². The van der Waals surface area contributed by atoms with Crippen molar-refractivity contribution in [3.63, 3.8) is 0 Å². The van der Waals surface area contributed by atoms with E-state index in [0.29, 0.717) is 49.1 Å². The van der Waals surface area contributed by atoms with Gasteiger partial charge in [0.2, 0.25) is 0 Å². The highest BCUT2D eigenvalue weighted by Crippen LogP contribution is 2.34. The van der Waals surface area contributed by atoms with Crippen molar-refractivity contribution in [2.45, 2.75) is 31.7 Å². The average molecular weight is 319 g/mol. The molecule has 1 amide bonds. The summed E-state index contributed by atoms with van der Waals surface area (Å²) in [4.78, 5) is 21.4. The zero-order chi connectivity index (χ0) is 16.0. The van der Waals surface area contributed by atoms with Gasteiger partial charge < -0.3 is 19.4 Å². The van der Waals surface area contributed by atoms with E-state index in [0.717, 1.165) is 0 Å².